The van der Waals surface area contributed by atoms with E-state index < -0.39 is 0 Å². The van der Waals surface area contributed by atoms with Gasteiger partial charge in [0.05, 0.1) is 16.1 Å². The van der Waals surface area contributed by atoms with Gasteiger partial charge in [-0.05, 0) is 6.07 Å². The highest BCUT2D eigenvalue weighted by Crippen LogP contribution is 2.23. The molecule has 0 aliphatic carbocycles. The largest absolute Gasteiger partial charge is 0.345 e. The van der Waals surface area contributed by atoms with Crippen molar-refractivity contribution in [3.05, 3.63) is 45.2 Å². The molecule has 4 nitrogen and oxygen atoms in total. The van der Waals surface area contributed by atoms with E-state index in [0.717, 1.165) is 0 Å². The first-order chi connectivity index (χ1) is 8.00. The van der Waals surface area contributed by atoms with E-state index in [2.05, 4.69) is 4.98 Å². The molecule has 0 atom stereocenters. The highest BCUT2D eigenvalue weighted by Gasteiger charge is 2.14. The van der Waals surface area contributed by atoms with Gasteiger partial charge in [-0.2, -0.15) is 0 Å². The number of H-pyrrole nitrogens is 1. The summed E-state index contributed by atoms with van der Waals surface area (Å²) in [4.78, 5) is 27.5. The van der Waals surface area contributed by atoms with Gasteiger partial charge in [-0.25, -0.2) is 0 Å². The summed E-state index contributed by atoms with van der Waals surface area (Å²) >= 11 is 5.99. The first-order valence-corrected chi connectivity index (χ1v) is 5.41. The van der Waals surface area contributed by atoms with E-state index in [9.17, 15) is 9.59 Å². The summed E-state index contributed by atoms with van der Waals surface area (Å²) in [7, 11) is 3.28. The Kier molecular flexibility index (Phi) is 2.90. The molecule has 2 aromatic rings. The van der Waals surface area contributed by atoms with Crippen LogP contribution in [0, 0.1) is 0 Å². The Morgan fingerprint density at radius 1 is 1.35 bits per heavy atom. The van der Waals surface area contributed by atoms with Crippen molar-refractivity contribution in [2.75, 3.05) is 14.1 Å². The van der Waals surface area contributed by atoms with Gasteiger partial charge in [0, 0.05) is 25.5 Å². The zero-order chi connectivity index (χ0) is 12.6. The topological polar surface area (TPSA) is 53.2 Å². The van der Waals surface area contributed by atoms with Crippen molar-refractivity contribution in [3.63, 3.8) is 0 Å². The van der Waals surface area contributed by atoms with Gasteiger partial charge < -0.3 is 9.88 Å². The van der Waals surface area contributed by atoms with E-state index in [0.29, 0.717) is 21.5 Å². The minimum atomic E-state index is -0.337. The fraction of sp³-hybridized carbons (Fsp3) is 0.167. The molecule has 0 radical (unpaired) electrons. The number of benzene rings is 1. The van der Waals surface area contributed by atoms with Gasteiger partial charge in [0.15, 0.2) is 0 Å². The molecular weight excluding hydrogens is 240 g/mol. The monoisotopic (exact) mass is 250 g/mol. The average molecular weight is 251 g/mol. The van der Waals surface area contributed by atoms with Crippen LogP contribution in [0.1, 0.15) is 10.4 Å². The highest BCUT2D eigenvalue weighted by atomic mass is 35.5. The number of aromatic amines is 1. The summed E-state index contributed by atoms with van der Waals surface area (Å²) in [5, 5.41) is 1.07. The van der Waals surface area contributed by atoms with Crippen molar-refractivity contribution in [2.45, 2.75) is 0 Å². The third kappa shape index (κ3) is 2.03. The van der Waals surface area contributed by atoms with E-state index in [1.165, 1.54) is 11.0 Å². The maximum atomic E-state index is 12.0. The molecule has 1 N–H and O–H groups in total. The number of carbonyl (C=O) groups is 1. The fourth-order valence-corrected chi connectivity index (χ4v) is 1.88. The second-order valence-corrected chi connectivity index (χ2v) is 4.32. The smallest absolute Gasteiger partial charge is 0.254 e. The molecule has 5 heteroatoms. The number of fused-ring (bicyclic) bond motifs is 1. The fourth-order valence-electron chi connectivity index (χ4n) is 1.66. The molecule has 2 rings (SSSR count). The maximum Gasteiger partial charge on any atom is 0.254 e. The number of aromatic nitrogens is 1. The molecular formula is C12H11ClN2O2. The molecule has 1 aromatic carbocycles. The number of nitrogens with zero attached hydrogens (tertiary/aromatic N) is 1. The molecule has 1 heterocycles. The molecule has 1 amide bonds. The minimum absolute atomic E-state index is 0.219. The van der Waals surface area contributed by atoms with Crippen LogP contribution in [-0.2, 0) is 0 Å². The Balaban J connectivity index is 2.84. The van der Waals surface area contributed by atoms with Crippen LogP contribution in [0.4, 0.5) is 0 Å². The number of para-hydroxylation sites is 1. The second-order valence-electron chi connectivity index (χ2n) is 3.91. The zero-order valence-corrected chi connectivity index (χ0v) is 10.2. The Morgan fingerprint density at radius 2 is 2.06 bits per heavy atom. The van der Waals surface area contributed by atoms with Crippen LogP contribution in [0.25, 0.3) is 10.9 Å². The Morgan fingerprint density at radius 3 is 2.71 bits per heavy atom. The number of pyridine rings is 1. The number of carbonyl (C=O) groups excluding carboxylic acids is 1. The molecule has 0 saturated heterocycles. The van der Waals surface area contributed by atoms with Crippen molar-refractivity contribution in [2.24, 2.45) is 0 Å². The van der Waals surface area contributed by atoms with E-state index in [1.54, 1.807) is 32.3 Å². The second kappa shape index (κ2) is 4.22. The van der Waals surface area contributed by atoms with E-state index >= 15 is 0 Å². The van der Waals surface area contributed by atoms with Crippen LogP contribution in [0.2, 0.25) is 5.02 Å². The van der Waals surface area contributed by atoms with E-state index in [4.69, 9.17) is 11.6 Å². The third-order valence-electron chi connectivity index (χ3n) is 2.46. The molecule has 0 unspecified atom stereocenters. The number of hydrogen-bond acceptors (Lipinski definition) is 2. The lowest BCUT2D eigenvalue weighted by atomic mass is 10.1. The minimum Gasteiger partial charge on any atom is -0.345 e. The van der Waals surface area contributed by atoms with Crippen LogP contribution in [0.5, 0.6) is 0 Å². The highest BCUT2D eigenvalue weighted by molar-refractivity contribution is 6.35. The lowest BCUT2D eigenvalue weighted by molar-refractivity contribution is 0.0829. The predicted octanol–water partition coefficient (Wildman–Crippen LogP) is 1.88. The van der Waals surface area contributed by atoms with E-state index in [1.807, 2.05) is 0 Å². The third-order valence-corrected chi connectivity index (χ3v) is 2.78. The van der Waals surface area contributed by atoms with Crippen LogP contribution < -0.4 is 5.56 Å². The molecule has 0 spiro atoms. The standard InChI is InChI=1S/C12H11ClN2O2/c1-15(2)12(17)8-6-10(16)14-11-7(8)4-3-5-9(11)13/h3-6H,1-2H3,(H,14,16). The van der Waals surface area contributed by atoms with Gasteiger partial charge in [-0.15, -0.1) is 0 Å². The maximum absolute atomic E-state index is 12.0. The SMILES string of the molecule is CN(C)C(=O)c1cc(=O)[nH]c2c(Cl)cccc12. The number of halogens is 1. The zero-order valence-electron chi connectivity index (χ0n) is 9.45. The van der Waals surface area contributed by atoms with Gasteiger partial charge in [0.25, 0.3) is 5.91 Å². The quantitative estimate of drug-likeness (QED) is 0.840. The molecule has 1 aromatic heterocycles. The molecule has 88 valence electrons. The number of hydrogen-bond donors (Lipinski definition) is 1. The first-order valence-electron chi connectivity index (χ1n) is 5.04. The predicted molar refractivity (Wildman–Crippen MR) is 67.6 cm³/mol. The summed E-state index contributed by atoms with van der Waals surface area (Å²) in [6.45, 7) is 0. The molecule has 17 heavy (non-hydrogen) atoms. The van der Waals surface area contributed by atoms with Gasteiger partial charge in [0.1, 0.15) is 0 Å². The Bertz CT molecular complexity index is 646. The Labute approximate surface area is 103 Å². The molecule has 0 bridgehead atoms. The van der Waals surface area contributed by atoms with Gasteiger partial charge in [-0.3, -0.25) is 9.59 Å². The van der Waals surface area contributed by atoms with Gasteiger partial charge >= 0.3 is 0 Å². The lowest BCUT2D eigenvalue weighted by Gasteiger charge is -2.12. The van der Waals surface area contributed by atoms with Crippen LogP contribution in [-0.4, -0.2) is 29.9 Å². The lowest BCUT2D eigenvalue weighted by Crippen LogP contribution is -2.23. The summed E-state index contributed by atoms with van der Waals surface area (Å²) in [5.41, 5.74) is 0.513. The first kappa shape index (κ1) is 11.7. The normalized spacial score (nSPS) is 10.5. The van der Waals surface area contributed by atoms with Gasteiger partial charge in [-0.1, -0.05) is 23.7 Å². The summed E-state index contributed by atoms with van der Waals surface area (Å²) < 4.78 is 0. The molecule has 0 aliphatic rings. The van der Waals surface area contributed by atoms with E-state index in [-0.39, 0.29) is 11.5 Å². The van der Waals surface area contributed by atoms with Gasteiger partial charge in [0.2, 0.25) is 5.56 Å². The van der Waals surface area contributed by atoms with Crippen LogP contribution in [0.3, 0.4) is 0 Å². The number of amides is 1. The van der Waals surface area contributed by atoms with Crippen molar-refractivity contribution in [3.8, 4) is 0 Å². The average Bonchev–Trinajstić information content (AvgIpc) is 2.28. The summed E-state index contributed by atoms with van der Waals surface area (Å²) in [6.07, 6.45) is 0. The Hall–Kier alpha value is -1.81. The number of rotatable bonds is 1. The van der Waals surface area contributed by atoms with Crippen molar-refractivity contribution >= 4 is 28.4 Å². The van der Waals surface area contributed by atoms with Crippen molar-refractivity contribution in [1.29, 1.82) is 0 Å². The van der Waals surface area contributed by atoms with Crippen molar-refractivity contribution < 1.29 is 4.79 Å². The molecule has 0 aliphatic heterocycles. The molecule has 0 fully saturated rings. The summed E-state index contributed by atoms with van der Waals surface area (Å²) in [6, 6.07) is 6.47. The summed E-state index contributed by atoms with van der Waals surface area (Å²) in [5.74, 6) is -0.219. The van der Waals surface area contributed by atoms with Crippen molar-refractivity contribution in [1.82, 2.24) is 9.88 Å². The van der Waals surface area contributed by atoms with Crippen LogP contribution in [0.15, 0.2) is 29.1 Å². The molecule has 0 saturated carbocycles. The van der Waals surface area contributed by atoms with Crippen LogP contribution >= 0.6 is 11.6 Å². The number of nitrogens with one attached hydrogen (secondary N) is 1.